The zero-order chi connectivity index (χ0) is 9.35. The Balaban J connectivity index is 2.51. The van der Waals surface area contributed by atoms with Gasteiger partial charge in [-0.3, -0.25) is 0 Å². The monoisotopic (exact) mass is 232 g/mol. The summed E-state index contributed by atoms with van der Waals surface area (Å²) in [6, 6.07) is 0. The smallest absolute Gasteiger partial charge is 0.240 e. The van der Waals surface area contributed by atoms with Crippen molar-refractivity contribution in [1.82, 2.24) is 0 Å². The van der Waals surface area contributed by atoms with Crippen molar-refractivity contribution in [3.8, 4) is 0 Å². The van der Waals surface area contributed by atoms with Crippen LogP contribution in [-0.2, 0) is 9.47 Å². The van der Waals surface area contributed by atoms with Crippen molar-refractivity contribution in [1.29, 1.82) is 0 Å². The Morgan fingerprint density at radius 1 is 1.25 bits per heavy atom. The summed E-state index contributed by atoms with van der Waals surface area (Å²) in [5.74, 6) is 0.341. The summed E-state index contributed by atoms with van der Waals surface area (Å²) in [7, 11) is 0. The maximum absolute atomic E-state index is 5.61. The van der Waals surface area contributed by atoms with E-state index in [9.17, 15) is 0 Å². The van der Waals surface area contributed by atoms with Crippen LogP contribution in [0.4, 0.5) is 0 Å². The van der Waals surface area contributed by atoms with Crippen molar-refractivity contribution in [3.05, 3.63) is 0 Å². The average molecular weight is 234 g/mol. The van der Waals surface area contributed by atoms with Gasteiger partial charge in [0.25, 0.3) is 0 Å². The van der Waals surface area contributed by atoms with E-state index in [4.69, 9.17) is 44.3 Å². The third-order valence-electron chi connectivity index (χ3n) is 1.92. The molecule has 0 saturated carbocycles. The molecule has 1 saturated heterocycles. The molecule has 0 N–H and O–H groups in total. The minimum Gasteiger partial charge on any atom is -0.348 e. The predicted octanol–water partition coefficient (Wildman–Crippen LogP) is 2.75. The lowest BCUT2D eigenvalue weighted by atomic mass is 10.1. The largest absolute Gasteiger partial charge is 0.348 e. The third kappa shape index (κ3) is 2.64. The SMILES string of the molecule is C[C@@H]1CO[C@@H](C(Cl)(Cl)Cl)O[C@@H]1C. The standard InChI is InChI=1S/C7H11Cl3O2/c1-4-3-11-6(7(8,9)10)12-5(4)2/h4-6H,3H2,1-2H3/t4-,5-,6-/m1/s1. The molecule has 2 nitrogen and oxygen atoms in total. The van der Waals surface area contributed by atoms with E-state index in [1.807, 2.05) is 13.8 Å². The highest BCUT2D eigenvalue weighted by Gasteiger charge is 2.39. The fourth-order valence-electron chi connectivity index (χ4n) is 0.915. The molecule has 0 spiro atoms. The highest BCUT2D eigenvalue weighted by atomic mass is 35.6. The van der Waals surface area contributed by atoms with Gasteiger partial charge in [-0.1, -0.05) is 41.7 Å². The van der Waals surface area contributed by atoms with Gasteiger partial charge in [-0.2, -0.15) is 0 Å². The molecule has 1 heterocycles. The zero-order valence-corrected chi connectivity index (χ0v) is 9.16. The molecule has 5 heteroatoms. The fraction of sp³-hybridized carbons (Fsp3) is 1.00. The minimum absolute atomic E-state index is 0.0689. The number of ether oxygens (including phenoxy) is 2. The van der Waals surface area contributed by atoms with Crippen LogP contribution in [-0.4, -0.2) is 22.8 Å². The maximum atomic E-state index is 5.61. The van der Waals surface area contributed by atoms with Crippen LogP contribution in [0.25, 0.3) is 0 Å². The van der Waals surface area contributed by atoms with Crippen molar-refractivity contribution in [2.45, 2.75) is 30.0 Å². The summed E-state index contributed by atoms with van der Waals surface area (Å²) in [5.41, 5.74) is 0. The Bertz CT molecular complexity index is 157. The fourth-order valence-corrected chi connectivity index (χ4v) is 1.26. The number of rotatable bonds is 0. The van der Waals surface area contributed by atoms with Gasteiger partial charge in [-0.15, -0.1) is 0 Å². The molecule has 3 atom stereocenters. The Morgan fingerprint density at radius 2 is 1.83 bits per heavy atom. The molecule has 1 rings (SSSR count). The van der Waals surface area contributed by atoms with Gasteiger partial charge in [0, 0.05) is 5.92 Å². The van der Waals surface area contributed by atoms with Crippen LogP contribution in [0.5, 0.6) is 0 Å². The zero-order valence-electron chi connectivity index (χ0n) is 6.89. The summed E-state index contributed by atoms with van der Waals surface area (Å²) in [5, 5.41) is 0. The molecule has 1 aliphatic rings. The van der Waals surface area contributed by atoms with E-state index in [1.54, 1.807) is 0 Å². The molecule has 0 amide bonds. The third-order valence-corrected chi connectivity index (χ3v) is 2.45. The van der Waals surface area contributed by atoms with E-state index < -0.39 is 10.1 Å². The van der Waals surface area contributed by atoms with E-state index in [2.05, 4.69) is 0 Å². The summed E-state index contributed by atoms with van der Waals surface area (Å²) in [6.45, 7) is 4.54. The molecule has 0 aromatic carbocycles. The normalized spacial score (nSPS) is 38.2. The molecule has 1 fully saturated rings. The first-order valence-corrected chi connectivity index (χ1v) is 4.88. The number of alkyl halides is 3. The van der Waals surface area contributed by atoms with Crippen LogP contribution in [0.1, 0.15) is 13.8 Å². The maximum Gasteiger partial charge on any atom is 0.240 e. The van der Waals surface area contributed by atoms with Crippen LogP contribution in [0.3, 0.4) is 0 Å². The molecule has 0 bridgehead atoms. The predicted molar refractivity (Wildman–Crippen MR) is 49.7 cm³/mol. The average Bonchev–Trinajstić information content (AvgIpc) is 1.92. The molecule has 0 unspecified atom stereocenters. The molecular formula is C7H11Cl3O2. The van der Waals surface area contributed by atoms with Crippen LogP contribution in [0.2, 0.25) is 0 Å². The van der Waals surface area contributed by atoms with Crippen LogP contribution in [0.15, 0.2) is 0 Å². The summed E-state index contributed by atoms with van der Waals surface area (Å²) >= 11 is 16.8. The number of hydrogen-bond acceptors (Lipinski definition) is 2. The quantitative estimate of drug-likeness (QED) is 0.599. The second-order valence-electron chi connectivity index (χ2n) is 3.03. The highest BCUT2D eigenvalue weighted by molar-refractivity contribution is 6.67. The van der Waals surface area contributed by atoms with Gasteiger partial charge in [0.05, 0.1) is 12.7 Å². The van der Waals surface area contributed by atoms with Crippen molar-refractivity contribution in [3.63, 3.8) is 0 Å². The molecule has 0 aromatic rings. The first kappa shape index (κ1) is 10.9. The lowest BCUT2D eigenvalue weighted by Gasteiger charge is -2.35. The van der Waals surface area contributed by atoms with Gasteiger partial charge < -0.3 is 9.47 Å². The van der Waals surface area contributed by atoms with Crippen molar-refractivity contribution >= 4 is 34.8 Å². The van der Waals surface area contributed by atoms with Crippen LogP contribution in [0, 0.1) is 5.92 Å². The lowest BCUT2D eigenvalue weighted by Crippen LogP contribution is -2.43. The van der Waals surface area contributed by atoms with E-state index in [1.165, 1.54) is 0 Å². The second-order valence-corrected chi connectivity index (χ2v) is 5.39. The van der Waals surface area contributed by atoms with E-state index in [0.717, 1.165) is 0 Å². The van der Waals surface area contributed by atoms with E-state index >= 15 is 0 Å². The molecular weight excluding hydrogens is 222 g/mol. The van der Waals surface area contributed by atoms with Crippen molar-refractivity contribution in [2.24, 2.45) is 5.92 Å². The van der Waals surface area contributed by atoms with Gasteiger partial charge >= 0.3 is 0 Å². The Labute approximate surface area is 87.1 Å². The first-order chi connectivity index (χ1) is 5.41. The van der Waals surface area contributed by atoms with E-state index in [0.29, 0.717) is 12.5 Å². The van der Waals surface area contributed by atoms with Crippen molar-refractivity contribution < 1.29 is 9.47 Å². The Hall–Kier alpha value is 0.790. The Morgan fingerprint density at radius 3 is 2.25 bits per heavy atom. The van der Waals surface area contributed by atoms with Gasteiger partial charge in [-0.25, -0.2) is 0 Å². The highest BCUT2D eigenvalue weighted by Crippen LogP contribution is 2.36. The minimum atomic E-state index is -1.49. The van der Waals surface area contributed by atoms with E-state index in [-0.39, 0.29) is 6.10 Å². The molecule has 12 heavy (non-hydrogen) atoms. The van der Waals surface area contributed by atoms with Gasteiger partial charge in [0.15, 0.2) is 0 Å². The van der Waals surface area contributed by atoms with Crippen LogP contribution >= 0.6 is 34.8 Å². The van der Waals surface area contributed by atoms with Crippen molar-refractivity contribution in [2.75, 3.05) is 6.61 Å². The second kappa shape index (κ2) is 3.89. The summed E-state index contributed by atoms with van der Waals surface area (Å²) in [4.78, 5) is 0. The molecule has 1 aliphatic heterocycles. The first-order valence-electron chi connectivity index (χ1n) is 3.75. The molecule has 0 radical (unpaired) electrons. The molecule has 0 aromatic heterocycles. The number of halogens is 3. The topological polar surface area (TPSA) is 18.5 Å². The summed E-state index contributed by atoms with van der Waals surface area (Å²) in [6.07, 6.45) is -0.673. The number of hydrogen-bond donors (Lipinski definition) is 0. The Kier molecular flexibility index (Phi) is 3.52. The van der Waals surface area contributed by atoms with Gasteiger partial charge in [0.1, 0.15) is 0 Å². The molecule has 0 aliphatic carbocycles. The van der Waals surface area contributed by atoms with Gasteiger partial charge in [-0.05, 0) is 6.92 Å². The van der Waals surface area contributed by atoms with Gasteiger partial charge in [0.2, 0.25) is 10.1 Å². The van der Waals surface area contributed by atoms with Crippen LogP contribution < -0.4 is 0 Å². The summed E-state index contributed by atoms with van der Waals surface area (Å²) < 4.78 is 9.06. The molecule has 72 valence electrons. The lowest BCUT2D eigenvalue weighted by molar-refractivity contribution is -0.225.